The molecule has 0 radical (unpaired) electrons. The minimum absolute atomic E-state index is 0.0349. The second kappa shape index (κ2) is 8.72. The van der Waals surface area contributed by atoms with Crippen molar-refractivity contribution in [3.63, 3.8) is 0 Å². The van der Waals surface area contributed by atoms with Crippen molar-refractivity contribution in [3.05, 3.63) is 30.3 Å². The Morgan fingerprint density at radius 3 is 2.96 bits per heavy atom. The topological polar surface area (TPSA) is 85.6 Å². The van der Waals surface area contributed by atoms with Crippen LogP contribution in [-0.2, 0) is 14.3 Å². The van der Waals surface area contributed by atoms with Gasteiger partial charge in [0.15, 0.2) is 0 Å². The fourth-order valence-corrected chi connectivity index (χ4v) is 2.91. The summed E-state index contributed by atoms with van der Waals surface area (Å²) in [5.74, 6) is 0.368. The summed E-state index contributed by atoms with van der Waals surface area (Å²) >= 11 is 0. The zero-order chi connectivity index (χ0) is 18.4. The van der Waals surface area contributed by atoms with Gasteiger partial charge in [0.2, 0.25) is 11.9 Å². The van der Waals surface area contributed by atoms with Gasteiger partial charge in [0.05, 0.1) is 31.4 Å². The van der Waals surface area contributed by atoms with E-state index >= 15 is 0 Å². The lowest BCUT2D eigenvalue weighted by atomic mass is 10.1. The van der Waals surface area contributed by atoms with Gasteiger partial charge >= 0.3 is 0 Å². The molecule has 2 heterocycles. The Balaban J connectivity index is 1.77. The number of hydrogen-bond acceptors (Lipinski definition) is 7. The van der Waals surface area contributed by atoms with Gasteiger partial charge in [0.25, 0.3) is 0 Å². The van der Waals surface area contributed by atoms with E-state index in [1.54, 1.807) is 23.7 Å². The molecule has 140 valence electrons. The van der Waals surface area contributed by atoms with E-state index in [9.17, 15) is 4.79 Å². The van der Waals surface area contributed by atoms with Crippen molar-refractivity contribution in [1.29, 1.82) is 0 Å². The highest BCUT2D eigenvalue weighted by atomic mass is 16.5. The highest BCUT2D eigenvalue weighted by Crippen LogP contribution is 2.19. The number of aromatic nitrogens is 4. The van der Waals surface area contributed by atoms with Gasteiger partial charge < -0.3 is 19.3 Å². The molecule has 1 atom stereocenters. The number of carbonyl (C=O) groups is 1. The zero-order valence-electron chi connectivity index (χ0n) is 15.1. The fourth-order valence-electron chi connectivity index (χ4n) is 2.91. The second-order valence-corrected chi connectivity index (χ2v) is 6.20. The number of amides is 1. The summed E-state index contributed by atoms with van der Waals surface area (Å²) in [5, 5.41) is 12.1. The van der Waals surface area contributed by atoms with Gasteiger partial charge in [-0.05, 0) is 22.6 Å². The monoisotopic (exact) mass is 360 g/mol. The number of tetrazole rings is 1. The summed E-state index contributed by atoms with van der Waals surface area (Å²) < 4.78 is 12.4. The third-order valence-corrected chi connectivity index (χ3v) is 4.36. The smallest absolute Gasteiger partial charge is 0.250 e. The van der Waals surface area contributed by atoms with Crippen LogP contribution in [0.1, 0.15) is 0 Å². The molecule has 0 aliphatic carbocycles. The summed E-state index contributed by atoms with van der Waals surface area (Å²) in [6.45, 7) is 3.09. The van der Waals surface area contributed by atoms with E-state index in [1.807, 2.05) is 35.2 Å². The van der Waals surface area contributed by atoms with Crippen molar-refractivity contribution in [2.24, 2.45) is 5.92 Å². The van der Waals surface area contributed by atoms with Crippen molar-refractivity contribution >= 4 is 11.9 Å². The number of nitrogens with zero attached hydrogens (tertiary/aromatic N) is 6. The summed E-state index contributed by atoms with van der Waals surface area (Å²) in [6.07, 6.45) is 0. The Hall–Kier alpha value is -2.52. The number of benzene rings is 1. The first-order valence-electron chi connectivity index (χ1n) is 8.61. The molecule has 0 N–H and O–H groups in total. The summed E-state index contributed by atoms with van der Waals surface area (Å²) in [4.78, 5) is 16.4. The molecule has 0 saturated carbocycles. The third-order valence-electron chi connectivity index (χ3n) is 4.36. The number of carbonyl (C=O) groups excluding carboxylic acids is 1. The van der Waals surface area contributed by atoms with Crippen molar-refractivity contribution < 1.29 is 14.3 Å². The van der Waals surface area contributed by atoms with E-state index in [0.717, 1.165) is 5.69 Å². The van der Waals surface area contributed by atoms with Gasteiger partial charge in [-0.2, -0.15) is 4.68 Å². The molecule has 1 aliphatic heterocycles. The molecule has 3 rings (SSSR count). The first kappa shape index (κ1) is 18.3. The molecule has 1 aromatic carbocycles. The Morgan fingerprint density at radius 2 is 2.19 bits per heavy atom. The van der Waals surface area contributed by atoms with Gasteiger partial charge in [0.1, 0.15) is 0 Å². The van der Waals surface area contributed by atoms with Gasteiger partial charge in [-0.15, -0.1) is 0 Å². The molecule has 26 heavy (non-hydrogen) atoms. The van der Waals surface area contributed by atoms with Gasteiger partial charge in [-0.1, -0.05) is 23.3 Å². The molecule has 9 heteroatoms. The first-order chi connectivity index (χ1) is 12.7. The average molecular weight is 360 g/mol. The van der Waals surface area contributed by atoms with Crippen LogP contribution in [-0.4, -0.2) is 84.6 Å². The largest absolute Gasteiger partial charge is 0.383 e. The van der Waals surface area contributed by atoms with Crippen LogP contribution >= 0.6 is 0 Å². The van der Waals surface area contributed by atoms with Crippen LogP contribution in [0.5, 0.6) is 0 Å². The Morgan fingerprint density at radius 1 is 1.38 bits per heavy atom. The van der Waals surface area contributed by atoms with Gasteiger partial charge in [-0.25, -0.2) is 0 Å². The standard InChI is InChI=1S/C17H24N6O3/c1-21(8-10-25-2)16(24)14-12-22(9-11-26-13-14)17-18-19-20-23(17)15-6-4-3-5-7-15/h3-7,14H,8-13H2,1-2H3. The number of ether oxygens (including phenoxy) is 2. The summed E-state index contributed by atoms with van der Waals surface area (Å²) in [5.41, 5.74) is 0.873. The predicted molar refractivity (Wildman–Crippen MR) is 95.2 cm³/mol. The summed E-state index contributed by atoms with van der Waals surface area (Å²) in [6, 6.07) is 9.69. The lowest BCUT2D eigenvalue weighted by molar-refractivity contribution is -0.136. The summed E-state index contributed by atoms with van der Waals surface area (Å²) in [7, 11) is 3.41. The highest BCUT2D eigenvalue weighted by molar-refractivity contribution is 5.79. The van der Waals surface area contributed by atoms with Crippen LogP contribution in [0.25, 0.3) is 5.69 Å². The average Bonchev–Trinajstić information content (AvgIpc) is 3.04. The maximum absolute atomic E-state index is 12.7. The van der Waals surface area contributed by atoms with E-state index in [4.69, 9.17) is 9.47 Å². The lowest BCUT2D eigenvalue weighted by Gasteiger charge is -2.26. The maximum atomic E-state index is 12.7. The van der Waals surface area contributed by atoms with E-state index in [0.29, 0.717) is 45.4 Å². The van der Waals surface area contributed by atoms with Crippen LogP contribution in [0.2, 0.25) is 0 Å². The predicted octanol–water partition coefficient (Wildman–Crippen LogP) is 0.220. The lowest BCUT2D eigenvalue weighted by Crippen LogP contribution is -2.42. The normalized spacial score (nSPS) is 17.8. The molecule has 1 amide bonds. The van der Waals surface area contributed by atoms with Crippen LogP contribution in [0.15, 0.2) is 30.3 Å². The molecule has 9 nitrogen and oxygen atoms in total. The van der Waals surface area contributed by atoms with Crippen LogP contribution in [0.4, 0.5) is 5.95 Å². The Kier molecular flexibility index (Phi) is 6.13. The number of methoxy groups -OCH3 is 1. The molecule has 1 aliphatic rings. The van der Waals surface area contributed by atoms with E-state index in [-0.39, 0.29) is 11.8 Å². The molecule has 1 saturated heterocycles. The molecule has 2 aromatic rings. The van der Waals surface area contributed by atoms with Gasteiger partial charge in [0, 0.05) is 33.8 Å². The number of likely N-dealkylation sites (N-methyl/N-ethyl adjacent to an activating group) is 1. The molecular weight excluding hydrogens is 336 g/mol. The number of para-hydroxylation sites is 1. The third kappa shape index (κ3) is 4.17. The van der Waals surface area contributed by atoms with Crippen molar-refractivity contribution in [1.82, 2.24) is 25.1 Å². The molecule has 1 aromatic heterocycles. The highest BCUT2D eigenvalue weighted by Gasteiger charge is 2.29. The molecule has 1 unspecified atom stereocenters. The van der Waals surface area contributed by atoms with Crippen molar-refractivity contribution in [2.75, 3.05) is 58.5 Å². The molecule has 0 spiro atoms. The van der Waals surface area contributed by atoms with Crippen molar-refractivity contribution in [2.45, 2.75) is 0 Å². The van der Waals surface area contributed by atoms with E-state index in [1.165, 1.54) is 0 Å². The minimum atomic E-state index is -0.278. The Labute approximate surface area is 152 Å². The van der Waals surface area contributed by atoms with E-state index in [2.05, 4.69) is 15.5 Å². The van der Waals surface area contributed by atoms with E-state index < -0.39 is 0 Å². The fraction of sp³-hybridized carbons (Fsp3) is 0.529. The van der Waals surface area contributed by atoms with Crippen LogP contribution in [0.3, 0.4) is 0 Å². The minimum Gasteiger partial charge on any atom is -0.383 e. The van der Waals surface area contributed by atoms with Crippen molar-refractivity contribution in [3.8, 4) is 5.69 Å². The molecule has 0 bridgehead atoms. The van der Waals surface area contributed by atoms with Crippen LogP contribution in [0, 0.1) is 5.92 Å². The van der Waals surface area contributed by atoms with Crippen LogP contribution < -0.4 is 4.90 Å². The molecular formula is C17H24N6O3. The molecule has 1 fully saturated rings. The zero-order valence-corrected chi connectivity index (χ0v) is 15.1. The first-order valence-corrected chi connectivity index (χ1v) is 8.61. The quantitative estimate of drug-likeness (QED) is 0.728. The van der Waals surface area contributed by atoms with Gasteiger partial charge in [-0.3, -0.25) is 4.79 Å². The Bertz CT molecular complexity index is 708. The SMILES string of the molecule is COCCN(C)C(=O)C1COCCN(c2nnnn2-c2ccccc2)C1. The number of anilines is 1. The number of rotatable bonds is 6. The maximum Gasteiger partial charge on any atom is 0.250 e. The second-order valence-electron chi connectivity index (χ2n) is 6.20. The number of hydrogen-bond donors (Lipinski definition) is 0.